The highest BCUT2D eigenvalue weighted by Gasteiger charge is 1.83. The lowest BCUT2D eigenvalue weighted by atomic mass is 10.1. The summed E-state index contributed by atoms with van der Waals surface area (Å²) in [4.78, 5) is 0. The molecule has 0 nitrogen and oxygen atoms in total. The molecule has 0 aromatic heterocycles. The molecule has 0 aliphatic carbocycles. The van der Waals surface area contributed by atoms with Crippen molar-refractivity contribution < 1.29 is 0 Å². The Hall–Kier alpha value is -1.04. The molecular weight excluding hydrogens is 144 g/mol. The Balaban J connectivity index is 0.000000561. The van der Waals surface area contributed by atoms with Gasteiger partial charge in [-0.15, -0.1) is 0 Å². The van der Waals surface area contributed by atoms with Crippen molar-refractivity contribution in [1.82, 2.24) is 0 Å². The summed E-state index contributed by atoms with van der Waals surface area (Å²) in [5.41, 5.74) is 2.58. The van der Waals surface area contributed by atoms with Crippen molar-refractivity contribution in [3.63, 3.8) is 0 Å². The maximum absolute atomic E-state index is 2.12. The molecule has 0 spiro atoms. The van der Waals surface area contributed by atoms with Crippen LogP contribution >= 0.6 is 0 Å². The van der Waals surface area contributed by atoms with E-state index in [0.29, 0.717) is 0 Å². The lowest BCUT2D eigenvalue weighted by Gasteiger charge is -1.92. The minimum absolute atomic E-state index is 1.27. The number of allylic oxidation sites excluding steroid dienone is 1. The van der Waals surface area contributed by atoms with Gasteiger partial charge in [0.2, 0.25) is 0 Å². The highest BCUT2D eigenvalue weighted by Crippen LogP contribution is 2.04. The lowest BCUT2D eigenvalue weighted by molar-refractivity contribution is 1.46. The van der Waals surface area contributed by atoms with E-state index in [-0.39, 0.29) is 0 Å². The molecule has 0 atom stereocenters. The van der Waals surface area contributed by atoms with Gasteiger partial charge in [0.15, 0.2) is 0 Å². The zero-order valence-corrected chi connectivity index (χ0v) is 8.46. The second-order valence-corrected chi connectivity index (χ2v) is 2.41. The highest BCUT2D eigenvalue weighted by atomic mass is 13.9. The number of rotatable bonds is 1. The van der Waals surface area contributed by atoms with Gasteiger partial charge in [-0.25, -0.2) is 0 Å². The quantitative estimate of drug-likeness (QED) is 0.584. The normalized spacial score (nSPS) is 9.33. The molecule has 0 fully saturated rings. The van der Waals surface area contributed by atoms with Crippen LogP contribution in [0, 0.1) is 6.92 Å². The van der Waals surface area contributed by atoms with Crippen LogP contribution < -0.4 is 0 Å². The molecule has 0 aliphatic heterocycles. The molecule has 0 unspecified atom stereocenters. The first-order valence-electron chi connectivity index (χ1n) is 4.52. The minimum atomic E-state index is 1.27. The Kier molecular flexibility index (Phi) is 6.08. The maximum atomic E-state index is 2.12. The number of hydrogen-bond acceptors (Lipinski definition) is 0. The van der Waals surface area contributed by atoms with Crippen molar-refractivity contribution in [2.45, 2.75) is 27.7 Å². The van der Waals surface area contributed by atoms with E-state index >= 15 is 0 Å². The molecule has 1 aromatic rings. The van der Waals surface area contributed by atoms with Gasteiger partial charge < -0.3 is 0 Å². The van der Waals surface area contributed by atoms with E-state index in [1.165, 1.54) is 11.1 Å². The fourth-order valence-corrected chi connectivity index (χ4v) is 0.870. The largest absolute Gasteiger partial charge is 0.0871 e. The molecule has 0 amide bonds. The average molecular weight is 162 g/mol. The van der Waals surface area contributed by atoms with Crippen LogP contribution in [-0.4, -0.2) is 0 Å². The van der Waals surface area contributed by atoms with Crippen molar-refractivity contribution >= 4 is 6.08 Å². The molecule has 0 heteroatoms. The third-order valence-corrected chi connectivity index (χ3v) is 1.44. The summed E-state index contributed by atoms with van der Waals surface area (Å²) in [6, 6.07) is 8.48. The summed E-state index contributed by atoms with van der Waals surface area (Å²) in [7, 11) is 0. The summed E-state index contributed by atoms with van der Waals surface area (Å²) >= 11 is 0. The molecule has 1 aromatic carbocycles. The lowest BCUT2D eigenvalue weighted by Crippen LogP contribution is -1.71. The third kappa shape index (κ3) is 3.97. The van der Waals surface area contributed by atoms with Crippen LogP contribution in [0.1, 0.15) is 31.9 Å². The number of hydrogen-bond donors (Lipinski definition) is 0. The van der Waals surface area contributed by atoms with Gasteiger partial charge in [0, 0.05) is 0 Å². The SMILES string of the molecule is CC.CC=Cc1ccc(C)cc1. The Bertz CT molecular complexity index is 216. The molecule has 1 rings (SSSR count). The Labute approximate surface area is 75.9 Å². The highest BCUT2D eigenvalue weighted by molar-refractivity contribution is 5.48. The van der Waals surface area contributed by atoms with E-state index in [9.17, 15) is 0 Å². The summed E-state index contributed by atoms with van der Waals surface area (Å²) in [5.74, 6) is 0. The smallest absolute Gasteiger partial charge is 0.0260 e. The van der Waals surface area contributed by atoms with Crippen molar-refractivity contribution in [3.05, 3.63) is 41.5 Å². The first-order valence-corrected chi connectivity index (χ1v) is 4.52. The van der Waals surface area contributed by atoms with Crippen LogP contribution in [0.2, 0.25) is 0 Å². The maximum Gasteiger partial charge on any atom is -0.0260 e. The molecule has 0 N–H and O–H groups in total. The van der Waals surface area contributed by atoms with Crippen LogP contribution in [-0.2, 0) is 0 Å². The minimum Gasteiger partial charge on any atom is -0.0871 e. The standard InChI is InChI=1S/C10H12.C2H6/c1-3-4-10-7-5-9(2)6-8-10;1-2/h3-8H,1-2H3;1-2H3. The van der Waals surface area contributed by atoms with Crippen molar-refractivity contribution in [2.75, 3.05) is 0 Å². The van der Waals surface area contributed by atoms with E-state index in [1.807, 2.05) is 26.8 Å². The van der Waals surface area contributed by atoms with E-state index < -0.39 is 0 Å². The van der Waals surface area contributed by atoms with Gasteiger partial charge in [-0.05, 0) is 19.4 Å². The van der Waals surface area contributed by atoms with E-state index in [4.69, 9.17) is 0 Å². The van der Waals surface area contributed by atoms with Crippen molar-refractivity contribution in [2.24, 2.45) is 0 Å². The van der Waals surface area contributed by atoms with E-state index in [0.717, 1.165) is 0 Å². The average Bonchev–Trinajstić information content (AvgIpc) is 2.13. The summed E-state index contributed by atoms with van der Waals surface area (Å²) in [5, 5.41) is 0. The van der Waals surface area contributed by atoms with Gasteiger partial charge in [0.05, 0.1) is 0 Å². The summed E-state index contributed by atoms with van der Waals surface area (Å²) in [6.45, 7) is 8.12. The molecule has 0 saturated carbocycles. The number of benzene rings is 1. The first kappa shape index (κ1) is 11.0. The first-order chi connectivity index (χ1) is 5.83. The van der Waals surface area contributed by atoms with Gasteiger partial charge in [-0.3, -0.25) is 0 Å². The molecule has 66 valence electrons. The van der Waals surface area contributed by atoms with Crippen LogP contribution in [0.3, 0.4) is 0 Å². The van der Waals surface area contributed by atoms with Gasteiger partial charge in [-0.2, -0.15) is 0 Å². The fraction of sp³-hybridized carbons (Fsp3) is 0.333. The van der Waals surface area contributed by atoms with Gasteiger partial charge in [0.1, 0.15) is 0 Å². The Morgan fingerprint density at radius 2 is 1.50 bits per heavy atom. The molecule has 0 saturated heterocycles. The van der Waals surface area contributed by atoms with Gasteiger partial charge >= 0.3 is 0 Å². The van der Waals surface area contributed by atoms with Crippen LogP contribution in [0.5, 0.6) is 0 Å². The predicted octanol–water partition coefficient (Wildman–Crippen LogP) is 4.05. The third-order valence-electron chi connectivity index (χ3n) is 1.44. The monoisotopic (exact) mass is 162 g/mol. The van der Waals surface area contributed by atoms with Crippen LogP contribution in [0.4, 0.5) is 0 Å². The molecular formula is C12H18. The molecule has 12 heavy (non-hydrogen) atoms. The summed E-state index contributed by atoms with van der Waals surface area (Å²) < 4.78 is 0. The zero-order valence-electron chi connectivity index (χ0n) is 8.46. The Morgan fingerprint density at radius 1 is 1.00 bits per heavy atom. The number of aryl methyl sites for hydroxylation is 1. The molecule has 0 heterocycles. The molecule has 0 aliphatic rings. The second-order valence-electron chi connectivity index (χ2n) is 2.41. The second kappa shape index (κ2) is 6.66. The van der Waals surface area contributed by atoms with E-state index in [2.05, 4.69) is 37.3 Å². The zero-order chi connectivity index (χ0) is 9.40. The fourth-order valence-electron chi connectivity index (χ4n) is 0.870. The van der Waals surface area contributed by atoms with Gasteiger partial charge in [0.25, 0.3) is 0 Å². The molecule has 0 radical (unpaired) electrons. The summed E-state index contributed by atoms with van der Waals surface area (Å²) in [6.07, 6.45) is 4.14. The van der Waals surface area contributed by atoms with Crippen molar-refractivity contribution in [1.29, 1.82) is 0 Å². The van der Waals surface area contributed by atoms with E-state index in [1.54, 1.807) is 0 Å². The topological polar surface area (TPSA) is 0 Å². The van der Waals surface area contributed by atoms with Gasteiger partial charge in [-0.1, -0.05) is 55.8 Å². The van der Waals surface area contributed by atoms with Crippen LogP contribution in [0.15, 0.2) is 30.3 Å². The van der Waals surface area contributed by atoms with Crippen LogP contribution in [0.25, 0.3) is 6.08 Å². The molecule has 0 bridgehead atoms. The Morgan fingerprint density at radius 3 is 1.92 bits per heavy atom. The van der Waals surface area contributed by atoms with Crippen molar-refractivity contribution in [3.8, 4) is 0 Å². The predicted molar refractivity (Wildman–Crippen MR) is 57.2 cm³/mol.